The highest BCUT2D eigenvalue weighted by Gasteiger charge is 2.22. The van der Waals surface area contributed by atoms with E-state index in [1.807, 2.05) is 0 Å². The van der Waals surface area contributed by atoms with E-state index in [1.54, 1.807) is 12.1 Å². The molecule has 104 valence electrons. The lowest BCUT2D eigenvalue weighted by Crippen LogP contribution is -2.36. The maximum Gasteiger partial charge on any atom is 0.288 e. The number of ether oxygens (including phenoxy) is 1. The second kappa shape index (κ2) is 6.32. The first-order valence-corrected chi connectivity index (χ1v) is 6.73. The van der Waals surface area contributed by atoms with Gasteiger partial charge in [0.15, 0.2) is 0 Å². The lowest BCUT2D eigenvalue weighted by molar-refractivity contribution is -0.384. The van der Waals surface area contributed by atoms with Crippen molar-refractivity contribution in [1.82, 2.24) is 5.32 Å². The van der Waals surface area contributed by atoms with E-state index in [2.05, 4.69) is 12.2 Å². The predicted molar refractivity (Wildman–Crippen MR) is 73.4 cm³/mol. The first-order chi connectivity index (χ1) is 9.08. The van der Waals surface area contributed by atoms with E-state index < -0.39 is 4.92 Å². The van der Waals surface area contributed by atoms with Crippen LogP contribution >= 0.6 is 11.6 Å². The number of nitro groups is 1. The molecular formula is C13H17ClN2O3. The molecular weight excluding hydrogens is 268 g/mol. The highest BCUT2D eigenvalue weighted by molar-refractivity contribution is 6.32. The van der Waals surface area contributed by atoms with Crippen LogP contribution in [0.15, 0.2) is 18.2 Å². The zero-order valence-electron chi connectivity index (χ0n) is 10.8. The van der Waals surface area contributed by atoms with E-state index in [-0.39, 0.29) is 22.9 Å². The van der Waals surface area contributed by atoms with Gasteiger partial charge in [-0.3, -0.25) is 10.1 Å². The quantitative estimate of drug-likeness (QED) is 0.667. The number of hydrogen-bond donors (Lipinski definition) is 1. The number of nitrogens with one attached hydrogen (secondary N) is 1. The maximum absolute atomic E-state index is 10.8. The van der Waals surface area contributed by atoms with E-state index in [9.17, 15) is 10.1 Å². The fourth-order valence-electron chi connectivity index (χ4n) is 2.22. The van der Waals surface area contributed by atoms with Gasteiger partial charge in [0.05, 0.1) is 11.0 Å². The van der Waals surface area contributed by atoms with Crippen molar-refractivity contribution in [3.63, 3.8) is 0 Å². The zero-order valence-corrected chi connectivity index (χ0v) is 11.5. The molecule has 5 nitrogen and oxygen atoms in total. The Morgan fingerprint density at radius 1 is 1.63 bits per heavy atom. The van der Waals surface area contributed by atoms with E-state index in [0.717, 1.165) is 25.0 Å². The lowest BCUT2D eigenvalue weighted by Gasteiger charge is -2.20. The summed E-state index contributed by atoms with van der Waals surface area (Å²) in [5.74, 6) is 0. The molecule has 1 aliphatic rings. The van der Waals surface area contributed by atoms with Crippen LogP contribution in [0.2, 0.25) is 5.02 Å². The van der Waals surface area contributed by atoms with Crippen LogP contribution < -0.4 is 5.32 Å². The zero-order chi connectivity index (χ0) is 13.8. The van der Waals surface area contributed by atoms with Crippen LogP contribution in [0.5, 0.6) is 0 Å². The second-order valence-electron chi connectivity index (χ2n) is 4.76. The van der Waals surface area contributed by atoms with Crippen molar-refractivity contribution in [1.29, 1.82) is 0 Å². The summed E-state index contributed by atoms with van der Waals surface area (Å²) in [5.41, 5.74) is 0.798. The van der Waals surface area contributed by atoms with Crippen LogP contribution in [-0.4, -0.2) is 23.7 Å². The van der Waals surface area contributed by atoms with Crippen LogP contribution in [0.25, 0.3) is 0 Å². The minimum absolute atomic E-state index is 0.0502. The molecule has 1 aromatic carbocycles. The molecule has 0 saturated carbocycles. The van der Waals surface area contributed by atoms with Crippen LogP contribution in [0.3, 0.4) is 0 Å². The second-order valence-corrected chi connectivity index (χ2v) is 5.17. The monoisotopic (exact) mass is 284 g/mol. The summed E-state index contributed by atoms with van der Waals surface area (Å²) in [7, 11) is 0. The summed E-state index contributed by atoms with van der Waals surface area (Å²) in [5, 5.41) is 14.3. The molecule has 0 radical (unpaired) electrons. The molecule has 2 atom stereocenters. The first-order valence-electron chi connectivity index (χ1n) is 6.35. The molecule has 6 heteroatoms. The highest BCUT2D eigenvalue weighted by atomic mass is 35.5. The third kappa shape index (κ3) is 3.65. The van der Waals surface area contributed by atoms with Gasteiger partial charge < -0.3 is 10.1 Å². The van der Waals surface area contributed by atoms with Crippen LogP contribution in [0, 0.1) is 10.1 Å². The molecule has 0 aromatic heterocycles. The number of nitrogens with zero attached hydrogens (tertiary/aromatic N) is 1. The minimum atomic E-state index is -0.463. The molecule has 1 N–H and O–H groups in total. The number of hydrogen-bond acceptors (Lipinski definition) is 4. The van der Waals surface area contributed by atoms with Gasteiger partial charge >= 0.3 is 0 Å². The van der Waals surface area contributed by atoms with Gasteiger partial charge in [-0.15, -0.1) is 0 Å². The molecule has 1 saturated heterocycles. The van der Waals surface area contributed by atoms with Crippen molar-refractivity contribution in [3.05, 3.63) is 38.9 Å². The van der Waals surface area contributed by atoms with E-state index >= 15 is 0 Å². The van der Waals surface area contributed by atoms with E-state index in [1.165, 1.54) is 6.07 Å². The molecule has 1 fully saturated rings. The molecule has 0 amide bonds. The van der Waals surface area contributed by atoms with Crippen molar-refractivity contribution in [2.24, 2.45) is 0 Å². The van der Waals surface area contributed by atoms with Crippen molar-refractivity contribution < 1.29 is 9.66 Å². The molecule has 0 bridgehead atoms. The Balaban J connectivity index is 1.95. The normalized spacial score (nSPS) is 20.4. The Morgan fingerprint density at radius 2 is 2.42 bits per heavy atom. The largest absolute Gasteiger partial charge is 0.377 e. The van der Waals surface area contributed by atoms with Gasteiger partial charge in [0.2, 0.25) is 0 Å². The van der Waals surface area contributed by atoms with Crippen LogP contribution in [0.4, 0.5) is 5.69 Å². The SMILES string of the molecule is CC(NCc1ccc(Cl)c([N+](=O)[O-])c1)C1CCCO1. The average Bonchev–Trinajstić information content (AvgIpc) is 2.91. The molecule has 2 unspecified atom stereocenters. The summed E-state index contributed by atoms with van der Waals surface area (Å²) in [6.07, 6.45) is 2.40. The molecule has 1 aliphatic heterocycles. The van der Waals surface area contributed by atoms with Crippen molar-refractivity contribution >= 4 is 17.3 Å². The van der Waals surface area contributed by atoms with Crippen molar-refractivity contribution in [2.75, 3.05) is 6.61 Å². The first kappa shape index (κ1) is 14.2. The fourth-order valence-corrected chi connectivity index (χ4v) is 2.40. The summed E-state index contributed by atoms with van der Waals surface area (Å²) in [6.45, 7) is 3.46. The average molecular weight is 285 g/mol. The Hall–Kier alpha value is -1.17. The van der Waals surface area contributed by atoms with E-state index in [4.69, 9.17) is 16.3 Å². The van der Waals surface area contributed by atoms with Gasteiger partial charge in [0.1, 0.15) is 5.02 Å². The van der Waals surface area contributed by atoms with Gasteiger partial charge in [-0.25, -0.2) is 0 Å². The maximum atomic E-state index is 10.8. The van der Waals surface area contributed by atoms with Crippen molar-refractivity contribution in [3.8, 4) is 0 Å². The van der Waals surface area contributed by atoms with Crippen molar-refractivity contribution in [2.45, 2.75) is 38.5 Å². The number of benzene rings is 1. The smallest absolute Gasteiger partial charge is 0.288 e. The van der Waals surface area contributed by atoms with Gasteiger partial charge in [-0.05, 0) is 31.4 Å². The molecule has 2 rings (SSSR count). The summed E-state index contributed by atoms with van der Waals surface area (Å²) >= 11 is 5.78. The molecule has 19 heavy (non-hydrogen) atoms. The number of rotatable bonds is 5. The summed E-state index contributed by atoms with van der Waals surface area (Å²) in [6, 6.07) is 5.10. The summed E-state index contributed by atoms with van der Waals surface area (Å²) < 4.78 is 5.59. The molecule has 1 heterocycles. The molecule has 0 spiro atoms. The standard InChI is InChI=1S/C13H17ClN2O3/c1-9(13-3-2-6-19-13)15-8-10-4-5-11(14)12(7-10)16(17)18/h4-5,7,9,13,15H,2-3,6,8H2,1H3. The Morgan fingerprint density at radius 3 is 3.05 bits per heavy atom. The summed E-state index contributed by atoms with van der Waals surface area (Å²) in [4.78, 5) is 10.3. The third-order valence-electron chi connectivity index (χ3n) is 3.36. The number of halogens is 1. The van der Waals surface area contributed by atoms with Gasteiger partial charge in [-0.2, -0.15) is 0 Å². The lowest BCUT2D eigenvalue weighted by atomic mass is 10.1. The van der Waals surface area contributed by atoms with Gasteiger partial charge in [0.25, 0.3) is 5.69 Å². The predicted octanol–water partition coefficient (Wildman–Crippen LogP) is 2.91. The molecule has 1 aromatic rings. The third-order valence-corrected chi connectivity index (χ3v) is 3.68. The Kier molecular flexibility index (Phi) is 4.74. The fraction of sp³-hybridized carbons (Fsp3) is 0.538. The van der Waals surface area contributed by atoms with Gasteiger partial charge in [-0.1, -0.05) is 17.7 Å². The van der Waals surface area contributed by atoms with Crippen LogP contribution in [0.1, 0.15) is 25.3 Å². The Labute approximate surface area is 117 Å². The van der Waals surface area contributed by atoms with Gasteiger partial charge in [0, 0.05) is 25.3 Å². The number of nitro benzene ring substituents is 1. The highest BCUT2D eigenvalue weighted by Crippen LogP contribution is 2.25. The van der Waals surface area contributed by atoms with E-state index in [0.29, 0.717) is 6.54 Å². The minimum Gasteiger partial charge on any atom is -0.377 e. The molecule has 0 aliphatic carbocycles. The Bertz CT molecular complexity index is 461. The topological polar surface area (TPSA) is 64.4 Å². The van der Waals surface area contributed by atoms with Crippen LogP contribution in [-0.2, 0) is 11.3 Å².